The molecule has 0 amide bonds. The molecule has 0 aromatic heterocycles. The van der Waals surface area contributed by atoms with Gasteiger partial charge in [0.1, 0.15) is 0 Å². The van der Waals surface area contributed by atoms with Crippen LogP contribution in [0.3, 0.4) is 0 Å². The predicted octanol–water partition coefficient (Wildman–Crippen LogP) is 2.62. The molecule has 1 fully saturated rings. The van der Waals surface area contributed by atoms with Gasteiger partial charge in [-0.25, -0.2) is 8.42 Å². The highest BCUT2D eigenvalue weighted by Crippen LogP contribution is 2.24. The summed E-state index contributed by atoms with van der Waals surface area (Å²) in [6, 6.07) is 5.45. The molecule has 0 saturated carbocycles. The summed E-state index contributed by atoms with van der Waals surface area (Å²) in [5, 5.41) is 4.54. The largest absolute Gasteiger partial charge is 0.356 e. The highest BCUT2D eigenvalue weighted by molar-refractivity contribution is 7.92. The van der Waals surface area contributed by atoms with E-state index in [2.05, 4.69) is 10.3 Å². The Hall–Kier alpha value is -0.980. The quantitative estimate of drug-likeness (QED) is 0.635. The molecule has 1 heterocycles. The molecule has 0 aliphatic carbocycles. The molecule has 1 saturated heterocycles. The second-order valence-electron chi connectivity index (χ2n) is 6.46. The number of halogens is 2. The summed E-state index contributed by atoms with van der Waals surface area (Å²) in [6.45, 7) is 5.05. The molecule has 1 aromatic rings. The van der Waals surface area contributed by atoms with Gasteiger partial charge in [-0.15, -0.1) is 0 Å². The molecule has 1 aromatic carbocycles. The Morgan fingerprint density at radius 3 is 2.67 bits per heavy atom. The van der Waals surface area contributed by atoms with E-state index in [1.54, 1.807) is 27.0 Å². The van der Waals surface area contributed by atoms with E-state index in [1.807, 2.05) is 17.0 Å². The topological polar surface area (TPSA) is 61.8 Å². The Balaban J connectivity index is 1.96. The summed E-state index contributed by atoms with van der Waals surface area (Å²) in [4.78, 5) is 6.27. The van der Waals surface area contributed by atoms with E-state index >= 15 is 0 Å². The molecular formula is C16H23Cl2N3O2S. The average Bonchev–Trinajstić information content (AvgIpc) is 2.49. The highest BCUT2D eigenvalue weighted by Gasteiger charge is 2.40. The van der Waals surface area contributed by atoms with Crippen LogP contribution in [0.2, 0.25) is 10.0 Å². The minimum absolute atomic E-state index is 0.143. The fraction of sp³-hybridized carbons (Fsp3) is 0.562. The van der Waals surface area contributed by atoms with Crippen molar-refractivity contribution >= 4 is 39.0 Å². The van der Waals surface area contributed by atoms with E-state index < -0.39 is 14.6 Å². The number of sulfone groups is 1. The molecule has 0 radical (unpaired) electrons. The van der Waals surface area contributed by atoms with E-state index in [-0.39, 0.29) is 5.75 Å². The molecule has 1 N–H and O–H groups in total. The summed E-state index contributed by atoms with van der Waals surface area (Å²) in [6.07, 6.45) is 0.727. The lowest BCUT2D eigenvalue weighted by Gasteiger charge is -2.39. The van der Waals surface area contributed by atoms with Crippen LogP contribution in [0.4, 0.5) is 0 Å². The molecule has 5 nitrogen and oxygen atoms in total. The minimum atomic E-state index is -3.06. The summed E-state index contributed by atoms with van der Waals surface area (Å²) in [5.41, 5.74) is 1.01. The smallest absolute Gasteiger partial charge is 0.193 e. The Labute approximate surface area is 154 Å². The van der Waals surface area contributed by atoms with E-state index in [0.29, 0.717) is 35.6 Å². The van der Waals surface area contributed by atoms with E-state index in [0.717, 1.165) is 12.0 Å². The van der Waals surface area contributed by atoms with Crippen LogP contribution in [-0.4, -0.2) is 56.5 Å². The molecule has 1 aliphatic rings. The number of hydrogen-bond donors (Lipinski definition) is 1. The van der Waals surface area contributed by atoms with Crippen LogP contribution in [-0.2, 0) is 16.3 Å². The van der Waals surface area contributed by atoms with Crippen molar-refractivity contribution in [2.24, 2.45) is 4.99 Å². The standard InChI is InChI=1S/C16H23Cl2N3O2S/c1-16(2)11-21(8-9-24(16,22)23)15(19-3)20-7-6-12-4-5-13(17)10-14(12)18/h4-5,10H,6-9,11H2,1-3H3,(H,19,20). The van der Waals surface area contributed by atoms with Gasteiger partial charge in [0.15, 0.2) is 15.8 Å². The van der Waals surface area contributed by atoms with Crippen LogP contribution in [0, 0.1) is 0 Å². The molecule has 1 aliphatic heterocycles. The maximum atomic E-state index is 12.1. The second-order valence-corrected chi connectivity index (χ2v) is 10.0. The lowest BCUT2D eigenvalue weighted by Crippen LogP contribution is -2.57. The van der Waals surface area contributed by atoms with Crippen molar-refractivity contribution in [1.82, 2.24) is 10.2 Å². The molecule has 8 heteroatoms. The van der Waals surface area contributed by atoms with Gasteiger partial charge >= 0.3 is 0 Å². The molecule has 0 bridgehead atoms. The number of benzene rings is 1. The van der Waals surface area contributed by atoms with Crippen molar-refractivity contribution in [1.29, 1.82) is 0 Å². The molecule has 2 rings (SSSR count). The zero-order valence-electron chi connectivity index (χ0n) is 14.1. The molecular weight excluding hydrogens is 369 g/mol. The molecule has 0 spiro atoms. The van der Waals surface area contributed by atoms with Crippen molar-refractivity contribution in [2.75, 3.05) is 32.4 Å². The number of hydrogen-bond acceptors (Lipinski definition) is 3. The van der Waals surface area contributed by atoms with Crippen LogP contribution < -0.4 is 5.32 Å². The fourth-order valence-electron chi connectivity index (χ4n) is 2.69. The van der Waals surface area contributed by atoms with Crippen LogP contribution in [0.5, 0.6) is 0 Å². The van der Waals surface area contributed by atoms with Gasteiger partial charge in [-0.05, 0) is 38.0 Å². The minimum Gasteiger partial charge on any atom is -0.356 e. The van der Waals surface area contributed by atoms with Crippen LogP contribution in [0.15, 0.2) is 23.2 Å². The third kappa shape index (κ3) is 4.35. The van der Waals surface area contributed by atoms with Gasteiger partial charge in [-0.3, -0.25) is 4.99 Å². The molecule has 0 atom stereocenters. The monoisotopic (exact) mass is 391 g/mol. The third-order valence-corrected chi connectivity index (χ3v) is 7.37. The zero-order valence-corrected chi connectivity index (χ0v) is 16.5. The van der Waals surface area contributed by atoms with Gasteiger partial charge < -0.3 is 10.2 Å². The summed E-state index contributed by atoms with van der Waals surface area (Å²) in [5.74, 6) is 0.854. The van der Waals surface area contributed by atoms with E-state index in [4.69, 9.17) is 23.2 Å². The average molecular weight is 392 g/mol. The maximum Gasteiger partial charge on any atom is 0.193 e. The van der Waals surface area contributed by atoms with Crippen molar-refractivity contribution in [3.05, 3.63) is 33.8 Å². The summed E-state index contributed by atoms with van der Waals surface area (Å²) in [7, 11) is -1.36. The zero-order chi connectivity index (χ0) is 18.0. The Bertz CT molecular complexity index is 733. The van der Waals surface area contributed by atoms with Gasteiger partial charge in [0.2, 0.25) is 0 Å². The number of nitrogens with one attached hydrogen (secondary N) is 1. The Kier molecular flexibility index (Phi) is 6.04. The Morgan fingerprint density at radius 1 is 1.38 bits per heavy atom. The number of guanidine groups is 1. The van der Waals surface area contributed by atoms with Gasteiger partial charge in [0.05, 0.1) is 10.5 Å². The summed E-state index contributed by atoms with van der Waals surface area (Å²) < 4.78 is 23.4. The third-order valence-electron chi connectivity index (χ3n) is 4.25. The first kappa shape index (κ1) is 19.3. The maximum absolute atomic E-state index is 12.1. The Morgan fingerprint density at radius 2 is 2.08 bits per heavy atom. The van der Waals surface area contributed by atoms with Gasteiger partial charge in [-0.2, -0.15) is 0 Å². The van der Waals surface area contributed by atoms with Crippen LogP contribution >= 0.6 is 23.2 Å². The van der Waals surface area contributed by atoms with Crippen molar-refractivity contribution in [3.63, 3.8) is 0 Å². The van der Waals surface area contributed by atoms with Gasteiger partial charge in [0, 0.05) is 36.7 Å². The lowest BCUT2D eigenvalue weighted by molar-refractivity contribution is 0.353. The SMILES string of the molecule is CN=C(NCCc1ccc(Cl)cc1Cl)N1CCS(=O)(=O)C(C)(C)C1. The second kappa shape index (κ2) is 7.50. The van der Waals surface area contributed by atoms with Crippen molar-refractivity contribution in [3.8, 4) is 0 Å². The summed E-state index contributed by atoms with van der Waals surface area (Å²) >= 11 is 12.1. The van der Waals surface area contributed by atoms with Crippen molar-refractivity contribution < 1.29 is 8.42 Å². The van der Waals surface area contributed by atoms with E-state index in [9.17, 15) is 8.42 Å². The number of nitrogens with zero attached hydrogens (tertiary/aromatic N) is 2. The first-order valence-corrected chi connectivity index (χ1v) is 10.2. The number of rotatable bonds is 3. The number of aliphatic imine (C=N–C) groups is 1. The van der Waals surface area contributed by atoms with Crippen molar-refractivity contribution in [2.45, 2.75) is 25.0 Å². The highest BCUT2D eigenvalue weighted by atomic mass is 35.5. The lowest BCUT2D eigenvalue weighted by atomic mass is 10.1. The van der Waals surface area contributed by atoms with Crippen LogP contribution in [0.1, 0.15) is 19.4 Å². The van der Waals surface area contributed by atoms with Gasteiger partial charge in [-0.1, -0.05) is 29.3 Å². The first-order chi connectivity index (χ1) is 11.2. The predicted molar refractivity (Wildman–Crippen MR) is 101 cm³/mol. The first-order valence-electron chi connectivity index (χ1n) is 7.78. The van der Waals surface area contributed by atoms with Gasteiger partial charge in [0.25, 0.3) is 0 Å². The fourth-order valence-corrected chi connectivity index (χ4v) is 4.56. The van der Waals surface area contributed by atoms with E-state index in [1.165, 1.54) is 0 Å². The molecule has 24 heavy (non-hydrogen) atoms. The normalized spacial score (nSPS) is 20.0. The molecule has 134 valence electrons. The molecule has 0 unspecified atom stereocenters. The van der Waals surface area contributed by atoms with Crippen LogP contribution in [0.25, 0.3) is 0 Å².